The first kappa shape index (κ1) is 38.1. The summed E-state index contributed by atoms with van der Waals surface area (Å²) < 4.78 is 34.2. The summed E-state index contributed by atoms with van der Waals surface area (Å²) in [6.07, 6.45) is 0.563. The summed E-state index contributed by atoms with van der Waals surface area (Å²) in [5.74, 6) is -9.67. The molecule has 8 N–H and O–H groups in total. The number of carbonyl (C=O) groups is 5. The van der Waals surface area contributed by atoms with Crippen LogP contribution >= 0.6 is 11.6 Å². The number of nitrogens with zero attached hydrogens (tertiary/aromatic N) is 3. The number of nitrogens with one attached hydrogen (secondary N) is 2. The number of hydrogen-bond donors (Lipinski definition) is 7. The van der Waals surface area contributed by atoms with E-state index in [1.807, 2.05) is 6.07 Å². The number of carboxylic acid groups (broad SMARTS) is 1. The Bertz CT molecular complexity index is 2040. The number of carbonyl (C=O) groups excluding carboxylic acids is 4. The minimum absolute atomic E-state index is 0.107. The Morgan fingerprint density at radius 3 is 2.43 bits per heavy atom. The van der Waals surface area contributed by atoms with E-state index < -0.39 is 88.1 Å². The van der Waals surface area contributed by atoms with Crippen molar-refractivity contribution in [1.29, 1.82) is 0 Å². The highest BCUT2D eigenvalue weighted by molar-refractivity contribution is 6.47. The van der Waals surface area contributed by atoms with Gasteiger partial charge in [-0.05, 0) is 54.7 Å². The summed E-state index contributed by atoms with van der Waals surface area (Å²) in [6, 6.07) is 5.58. The van der Waals surface area contributed by atoms with E-state index in [0.717, 1.165) is 16.5 Å². The molecular formula is C34H34BClF2N6O10. The molecule has 0 aliphatic carbocycles. The highest BCUT2D eigenvalue weighted by atomic mass is 35.5. The maximum absolute atomic E-state index is 14.7. The van der Waals surface area contributed by atoms with E-state index in [1.54, 1.807) is 23.1 Å². The van der Waals surface area contributed by atoms with Crippen LogP contribution in [0.15, 0.2) is 42.5 Å². The molecule has 6 amide bonds. The Morgan fingerprint density at radius 1 is 1.02 bits per heavy atom. The number of phenols is 2. The van der Waals surface area contributed by atoms with Crippen molar-refractivity contribution >= 4 is 48.6 Å². The molecule has 0 saturated carbocycles. The van der Waals surface area contributed by atoms with E-state index in [9.17, 15) is 53.1 Å². The highest BCUT2D eigenvalue weighted by Crippen LogP contribution is 2.41. The Morgan fingerprint density at radius 2 is 1.74 bits per heavy atom. The summed E-state index contributed by atoms with van der Waals surface area (Å²) in [5.41, 5.74) is 5.75. The number of urea groups is 2. The summed E-state index contributed by atoms with van der Waals surface area (Å²) in [7, 11) is -1.93. The molecule has 2 unspecified atom stereocenters. The molecule has 3 aromatic rings. The number of carboxylic acids is 1. The number of phenolic OH excluding ortho intramolecular Hbond substituents is 2. The normalized spacial score (nSPS) is 17.9. The average Bonchev–Trinajstić information content (AvgIpc) is 3.55. The van der Waals surface area contributed by atoms with Crippen molar-refractivity contribution in [2.75, 3.05) is 26.2 Å². The third-order valence-electron chi connectivity index (χ3n) is 9.68. The monoisotopic (exact) mass is 770 g/mol. The predicted molar refractivity (Wildman–Crippen MR) is 186 cm³/mol. The van der Waals surface area contributed by atoms with Gasteiger partial charge in [-0.3, -0.25) is 9.59 Å². The first-order valence-corrected chi connectivity index (χ1v) is 17.1. The lowest BCUT2D eigenvalue weighted by Crippen LogP contribution is -2.56. The molecule has 2 saturated heterocycles. The van der Waals surface area contributed by atoms with Crippen LogP contribution in [0, 0.1) is 11.6 Å². The van der Waals surface area contributed by atoms with Gasteiger partial charge in [0.2, 0.25) is 5.91 Å². The van der Waals surface area contributed by atoms with Gasteiger partial charge in [0.05, 0.1) is 11.0 Å². The molecule has 3 aromatic carbocycles. The average molecular weight is 771 g/mol. The minimum Gasteiger partial charge on any atom is -0.534 e. The Balaban J connectivity index is 1.16. The SMILES string of the molecule is NCc1cccc(C(=O)N2CCC(N3CCN(C(=O)NC(C(=O)NC4Cc5ccc(F)c(C(=O)O)c5OB4O)c4cc(F)c(O)c(O)c4Cl)C3=O)CC2)c1. The van der Waals surface area contributed by atoms with Crippen molar-refractivity contribution in [1.82, 2.24) is 25.3 Å². The fourth-order valence-electron chi connectivity index (χ4n) is 6.82. The van der Waals surface area contributed by atoms with Crippen LogP contribution in [0.2, 0.25) is 5.02 Å². The number of aromatic carboxylic acids is 1. The van der Waals surface area contributed by atoms with Crippen LogP contribution in [0.5, 0.6) is 17.2 Å². The van der Waals surface area contributed by atoms with Crippen LogP contribution in [-0.2, 0) is 17.8 Å². The summed E-state index contributed by atoms with van der Waals surface area (Å²) in [6.45, 7) is 0.985. The fourth-order valence-corrected chi connectivity index (χ4v) is 7.07. The summed E-state index contributed by atoms with van der Waals surface area (Å²) in [5, 5.41) is 44.3. The van der Waals surface area contributed by atoms with Crippen LogP contribution in [0.4, 0.5) is 18.4 Å². The number of fused-ring (bicyclic) bond motifs is 1. The lowest BCUT2D eigenvalue weighted by Gasteiger charge is -2.36. The number of halogens is 3. The third-order valence-corrected chi connectivity index (χ3v) is 10.1. The molecule has 6 rings (SSSR count). The minimum atomic E-state index is -1.95. The number of rotatable bonds is 8. The van der Waals surface area contributed by atoms with Gasteiger partial charge in [0.15, 0.2) is 17.3 Å². The summed E-state index contributed by atoms with van der Waals surface area (Å²) >= 11 is 6.20. The van der Waals surface area contributed by atoms with Gasteiger partial charge in [-0.25, -0.2) is 28.1 Å². The van der Waals surface area contributed by atoms with Gasteiger partial charge in [-0.15, -0.1) is 0 Å². The van der Waals surface area contributed by atoms with Crippen molar-refractivity contribution in [3.05, 3.63) is 86.9 Å². The smallest absolute Gasteiger partial charge is 0.534 e. The van der Waals surface area contributed by atoms with Crippen LogP contribution in [-0.4, -0.2) is 110 Å². The van der Waals surface area contributed by atoms with Gasteiger partial charge in [0.1, 0.15) is 23.2 Å². The van der Waals surface area contributed by atoms with E-state index in [0.29, 0.717) is 37.6 Å². The Hall–Kier alpha value is -5.66. The lowest BCUT2D eigenvalue weighted by atomic mass is 9.72. The second kappa shape index (κ2) is 15.4. The largest absolute Gasteiger partial charge is 0.547 e. The van der Waals surface area contributed by atoms with Gasteiger partial charge in [0, 0.05) is 49.9 Å². The fraction of sp³-hybridized carbons (Fsp3) is 0.324. The van der Waals surface area contributed by atoms with E-state index in [2.05, 4.69) is 10.6 Å². The quantitative estimate of drug-likeness (QED) is 0.129. The number of hydrogen-bond acceptors (Lipinski definition) is 10. The van der Waals surface area contributed by atoms with E-state index in [-0.39, 0.29) is 43.6 Å². The van der Waals surface area contributed by atoms with E-state index in [4.69, 9.17) is 22.0 Å². The van der Waals surface area contributed by atoms with Crippen LogP contribution < -0.4 is 21.0 Å². The standard InChI is InChI=1S/C34H34BClF2N6O10/c36-25-20(14-22(38)27(45)28(25)46)26(30(47)40-23-13-17-4-5-21(37)24(32(49)50)29(17)54-35(23)53)41-33(51)44-11-10-43(34(44)52)19-6-8-42(9-7-19)31(48)18-3-1-2-16(12-18)15-39/h1-5,12,14,19,23,26,45-46,53H,6-11,13,15,39H2,(H,40,47)(H,41,51)(H,49,50). The number of aromatic hydroxyl groups is 2. The number of benzene rings is 3. The van der Waals surface area contributed by atoms with Crippen LogP contribution in [0.1, 0.15) is 56.3 Å². The predicted octanol–water partition coefficient (Wildman–Crippen LogP) is 2.12. The van der Waals surface area contributed by atoms with Crippen molar-refractivity contribution in [2.45, 2.75) is 43.8 Å². The van der Waals surface area contributed by atoms with Crippen molar-refractivity contribution in [2.24, 2.45) is 5.73 Å². The van der Waals surface area contributed by atoms with Gasteiger partial charge in [0.25, 0.3) is 5.91 Å². The zero-order valence-corrected chi connectivity index (χ0v) is 29.1. The Labute approximate surface area is 311 Å². The molecule has 0 bridgehead atoms. The maximum atomic E-state index is 14.7. The molecule has 2 fully saturated rings. The van der Waals surface area contributed by atoms with Gasteiger partial charge < -0.3 is 51.2 Å². The first-order valence-electron chi connectivity index (χ1n) is 16.8. The van der Waals surface area contributed by atoms with Crippen LogP contribution in [0.3, 0.4) is 0 Å². The second-order valence-electron chi connectivity index (χ2n) is 12.9. The molecule has 16 nitrogen and oxygen atoms in total. The van der Waals surface area contributed by atoms with Crippen molar-refractivity contribution in [3.63, 3.8) is 0 Å². The Kier molecular flexibility index (Phi) is 10.8. The number of piperidine rings is 1. The molecule has 3 aliphatic rings. The van der Waals surface area contributed by atoms with Gasteiger partial charge in [-0.1, -0.05) is 29.8 Å². The summed E-state index contributed by atoms with van der Waals surface area (Å²) in [4.78, 5) is 69.7. The van der Waals surface area contributed by atoms with E-state index in [1.165, 1.54) is 11.0 Å². The zero-order valence-electron chi connectivity index (χ0n) is 28.3. The maximum Gasteiger partial charge on any atom is 0.547 e. The molecular weight excluding hydrogens is 737 g/mol. The van der Waals surface area contributed by atoms with Crippen LogP contribution in [0.25, 0.3) is 0 Å². The lowest BCUT2D eigenvalue weighted by molar-refractivity contribution is -0.123. The number of imide groups is 1. The first-order chi connectivity index (χ1) is 25.7. The molecule has 284 valence electrons. The number of nitrogens with two attached hydrogens (primary N) is 1. The molecule has 2 atom stereocenters. The van der Waals surface area contributed by atoms with Gasteiger partial charge in [-0.2, -0.15) is 0 Å². The topological polar surface area (TPSA) is 235 Å². The van der Waals surface area contributed by atoms with Gasteiger partial charge >= 0.3 is 25.1 Å². The molecule has 0 spiro atoms. The molecule has 54 heavy (non-hydrogen) atoms. The van der Waals surface area contributed by atoms with E-state index >= 15 is 0 Å². The zero-order chi connectivity index (χ0) is 39.0. The second-order valence-corrected chi connectivity index (χ2v) is 13.3. The third kappa shape index (κ3) is 7.29. The number of amides is 6. The molecule has 0 radical (unpaired) electrons. The molecule has 3 aliphatic heterocycles. The molecule has 3 heterocycles. The van der Waals surface area contributed by atoms with Crippen molar-refractivity contribution in [3.8, 4) is 17.2 Å². The molecule has 0 aromatic heterocycles. The number of likely N-dealkylation sites (tertiary alicyclic amines) is 1. The molecule has 20 heteroatoms. The highest BCUT2D eigenvalue weighted by Gasteiger charge is 2.43. The van der Waals surface area contributed by atoms with Crippen molar-refractivity contribution < 1.29 is 57.8 Å².